The van der Waals surface area contributed by atoms with Gasteiger partial charge in [-0.2, -0.15) is 0 Å². The first kappa shape index (κ1) is 33.0. The Morgan fingerprint density at radius 1 is 1.05 bits per heavy atom. The van der Waals surface area contributed by atoms with Crippen LogP contribution >= 0.6 is 0 Å². The first-order valence-electron chi connectivity index (χ1n) is 13.5. The molecule has 2 unspecified atom stereocenters. The maximum Gasteiger partial charge on any atom is 0.271 e. The molecular formula is C30H35FN4O7S. The summed E-state index contributed by atoms with van der Waals surface area (Å²) in [7, 11) is -2.93. The Morgan fingerprint density at radius 3 is 2.26 bits per heavy atom. The van der Waals surface area contributed by atoms with E-state index in [1.54, 1.807) is 24.3 Å². The zero-order chi connectivity index (χ0) is 31.7. The number of methoxy groups -OCH3 is 1. The van der Waals surface area contributed by atoms with Gasteiger partial charge in [0.2, 0.25) is 21.8 Å². The van der Waals surface area contributed by atoms with Crippen molar-refractivity contribution in [2.45, 2.75) is 45.3 Å². The smallest absolute Gasteiger partial charge is 0.271 e. The van der Waals surface area contributed by atoms with Crippen LogP contribution in [0.1, 0.15) is 31.4 Å². The number of ether oxygens (including phenoxy) is 1. The van der Waals surface area contributed by atoms with Gasteiger partial charge in [-0.25, -0.2) is 12.8 Å². The van der Waals surface area contributed by atoms with Crippen LogP contribution in [-0.4, -0.2) is 62.0 Å². The Balaban J connectivity index is 2.13. The number of benzene rings is 3. The van der Waals surface area contributed by atoms with Crippen LogP contribution in [0.4, 0.5) is 15.8 Å². The highest BCUT2D eigenvalue weighted by atomic mass is 32.2. The number of nitrogens with zero attached hydrogens (tertiary/aromatic N) is 3. The summed E-state index contributed by atoms with van der Waals surface area (Å²) < 4.78 is 45.7. The summed E-state index contributed by atoms with van der Waals surface area (Å²) in [5, 5.41) is 14.4. The number of amides is 2. The number of halogens is 1. The van der Waals surface area contributed by atoms with Crippen molar-refractivity contribution in [2.24, 2.45) is 0 Å². The lowest BCUT2D eigenvalue weighted by Gasteiger charge is -2.34. The number of sulfonamides is 1. The molecule has 0 fully saturated rings. The summed E-state index contributed by atoms with van der Waals surface area (Å²) >= 11 is 0. The summed E-state index contributed by atoms with van der Waals surface area (Å²) in [4.78, 5) is 39.9. The van der Waals surface area contributed by atoms with Crippen molar-refractivity contribution in [3.8, 4) is 5.75 Å². The first-order valence-corrected chi connectivity index (χ1v) is 15.4. The van der Waals surface area contributed by atoms with Gasteiger partial charge in [-0.3, -0.25) is 24.0 Å². The fraction of sp³-hybridized carbons (Fsp3) is 0.333. The van der Waals surface area contributed by atoms with Crippen molar-refractivity contribution in [1.82, 2.24) is 10.2 Å². The van der Waals surface area contributed by atoms with Crippen molar-refractivity contribution < 1.29 is 32.1 Å². The second-order valence-corrected chi connectivity index (χ2v) is 12.0. The van der Waals surface area contributed by atoms with E-state index >= 15 is 0 Å². The quantitative estimate of drug-likeness (QED) is 0.213. The highest BCUT2D eigenvalue weighted by Gasteiger charge is 2.34. The highest BCUT2D eigenvalue weighted by molar-refractivity contribution is 7.92. The van der Waals surface area contributed by atoms with Crippen molar-refractivity contribution in [3.05, 3.63) is 99.9 Å². The second kappa shape index (κ2) is 14.6. The zero-order valence-electron chi connectivity index (χ0n) is 24.4. The average molecular weight is 615 g/mol. The molecule has 0 aromatic heterocycles. The SMILES string of the molecule is CCC(C)NC(=O)C(Cc1ccccc1)N(Cc1ccc(F)cc1)C(=O)CN(c1cc([N+](=O)[O-])ccc1OC)S(C)(=O)=O. The van der Waals surface area contributed by atoms with Gasteiger partial charge in [0.05, 0.1) is 18.3 Å². The Morgan fingerprint density at radius 2 is 1.70 bits per heavy atom. The molecule has 1 N–H and O–H groups in total. The van der Waals surface area contributed by atoms with Crippen molar-refractivity contribution in [3.63, 3.8) is 0 Å². The van der Waals surface area contributed by atoms with E-state index in [9.17, 15) is 32.5 Å². The van der Waals surface area contributed by atoms with E-state index in [0.717, 1.165) is 24.0 Å². The van der Waals surface area contributed by atoms with E-state index < -0.39 is 50.9 Å². The van der Waals surface area contributed by atoms with Gasteiger partial charge in [-0.1, -0.05) is 49.4 Å². The van der Waals surface area contributed by atoms with E-state index in [-0.39, 0.29) is 30.4 Å². The van der Waals surface area contributed by atoms with Crippen LogP contribution in [0, 0.1) is 15.9 Å². The number of hydrogen-bond acceptors (Lipinski definition) is 7. The third-order valence-corrected chi connectivity index (χ3v) is 7.99. The van der Waals surface area contributed by atoms with Gasteiger partial charge in [0, 0.05) is 31.1 Å². The number of carbonyl (C=O) groups excluding carboxylic acids is 2. The van der Waals surface area contributed by atoms with Crippen LogP contribution < -0.4 is 14.4 Å². The molecule has 43 heavy (non-hydrogen) atoms. The number of nitro benzene ring substituents is 1. The van der Waals surface area contributed by atoms with Gasteiger partial charge in [0.1, 0.15) is 29.8 Å². The lowest BCUT2D eigenvalue weighted by molar-refractivity contribution is -0.384. The third kappa shape index (κ3) is 8.98. The number of hydrogen-bond donors (Lipinski definition) is 1. The molecule has 3 aromatic rings. The highest BCUT2D eigenvalue weighted by Crippen LogP contribution is 2.34. The van der Waals surface area contributed by atoms with Crippen LogP contribution in [-0.2, 0) is 32.6 Å². The molecule has 0 aliphatic heterocycles. The minimum atomic E-state index is -4.19. The predicted octanol–water partition coefficient (Wildman–Crippen LogP) is 4.06. The van der Waals surface area contributed by atoms with Gasteiger partial charge in [0.25, 0.3) is 5.69 Å². The summed E-state index contributed by atoms with van der Waals surface area (Å²) in [5.74, 6) is -1.71. The normalized spacial score (nSPS) is 12.6. The number of nitrogens with one attached hydrogen (secondary N) is 1. The maximum absolute atomic E-state index is 14.1. The Labute approximate surface area is 250 Å². The molecular weight excluding hydrogens is 579 g/mol. The zero-order valence-corrected chi connectivity index (χ0v) is 25.2. The molecule has 0 aliphatic rings. The number of anilines is 1. The molecule has 3 rings (SSSR count). The van der Waals surface area contributed by atoms with Gasteiger partial charge < -0.3 is 15.0 Å². The van der Waals surface area contributed by atoms with E-state index in [1.807, 2.05) is 19.9 Å². The van der Waals surface area contributed by atoms with Crippen LogP contribution in [0.2, 0.25) is 0 Å². The molecule has 2 atom stereocenters. The topological polar surface area (TPSA) is 139 Å². The van der Waals surface area contributed by atoms with Crippen molar-refractivity contribution >= 4 is 33.2 Å². The number of carbonyl (C=O) groups is 2. The molecule has 13 heteroatoms. The molecule has 0 aliphatic carbocycles. The lowest BCUT2D eigenvalue weighted by Crippen LogP contribution is -2.54. The molecule has 0 radical (unpaired) electrons. The average Bonchev–Trinajstić information content (AvgIpc) is 2.97. The van der Waals surface area contributed by atoms with Crippen molar-refractivity contribution in [2.75, 3.05) is 24.2 Å². The number of rotatable bonds is 14. The monoisotopic (exact) mass is 614 g/mol. The molecule has 230 valence electrons. The molecule has 0 saturated heterocycles. The molecule has 2 amide bonds. The van der Waals surface area contributed by atoms with Gasteiger partial charge in [-0.05, 0) is 42.7 Å². The molecule has 11 nitrogen and oxygen atoms in total. The fourth-order valence-corrected chi connectivity index (χ4v) is 5.21. The molecule has 0 saturated carbocycles. The molecule has 3 aromatic carbocycles. The fourth-order valence-electron chi connectivity index (χ4n) is 4.36. The standard InChI is InChI=1S/C30H35FN4O7S/c1-5-21(2)32-30(37)27(17-22-9-7-6-8-10-22)33(19-23-11-13-24(31)14-12-23)29(36)20-34(43(4,40)41)26-18-25(35(38)39)15-16-28(26)42-3/h6-16,18,21,27H,5,17,19-20H2,1-4H3,(H,32,37). The lowest BCUT2D eigenvalue weighted by atomic mass is 10.0. The van der Waals surface area contributed by atoms with Crippen LogP contribution in [0.15, 0.2) is 72.8 Å². The summed E-state index contributed by atoms with van der Waals surface area (Å²) in [6.07, 6.45) is 1.60. The Kier molecular flexibility index (Phi) is 11.2. The van der Waals surface area contributed by atoms with Gasteiger partial charge in [0.15, 0.2) is 0 Å². The van der Waals surface area contributed by atoms with E-state index in [4.69, 9.17) is 4.74 Å². The van der Waals surface area contributed by atoms with Crippen molar-refractivity contribution in [1.29, 1.82) is 0 Å². The third-order valence-electron chi connectivity index (χ3n) is 6.86. The Bertz CT molecular complexity index is 1540. The van der Waals surface area contributed by atoms with Crippen LogP contribution in [0.25, 0.3) is 0 Å². The molecule has 0 bridgehead atoms. The van der Waals surface area contributed by atoms with Crippen LogP contribution in [0.3, 0.4) is 0 Å². The summed E-state index contributed by atoms with van der Waals surface area (Å²) in [6, 6.07) is 16.5. The second-order valence-electron chi connectivity index (χ2n) is 10.1. The number of nitro groups is 1. The maximum atomic E-state index is 14.1. The van der Waals surface area contributed by atoms with Gasteiger partial charge >= 0.3 is 0 Å². The van der Waals surface area contributed by atoms with E-state index in [1.165, 1.54) is 42.3 Å². The van der Waals surface area contributed by atoms with E-state index in [2.05, 4.69) is 5.32 Å². The number of non-ortho nitro benzene ring substituents is 1. The minimum absolute atomic E-state index is 0.00995. The summed E-state index contributed by atoms with van der Waals surface area (Å²) in [6.45, 7) is 2.78. The predicted molar refractivity (Wildman–Crippen MR) is 161 cm³/mol. The van der Waals surface area contributed by atoms with Crippen LogP contribution in [0.5, 0.6) is 5.75 Å². The molecule has 0 heterocycles. The summed E-state index contributed by atoms with van der Waals surface area (Å²) in [5.41, 5.74) is 0.639. The van der Waals surface area contributed by atoms with E-state index in [0.29, 0.717) is 16.3 Å². The first-order chi connectivity index (χ1) is 20.3. The minimum Gasteiger partial charge on any atom is -0.495 e. The largest absolute Gasteiger partial charge is 0.495 e. The van der Waals surface area contributed by atoms with Gasteiger partial charge in [-0.15, -0.1) is 0 Å². The Hall–Kier alpha value is -4.52. The molecule has 0 spiro atoms.